The molecule has 2 amide bonds. The third-order valence-electron chi connectivity index (χ3n) is 3.58. The van der Waals surface area contributed by atoms with Crippen molar-refractivity contribution in [3.05, 3.63) is 76.0 Å². The first-order valence-electron chi connectivity index (χ1n) is 7.74. The summed E-state index contributed by atoms with van der Waals surface area (Å²) in [5.41, 5.74) is 4.87. The van der Waals surface area contributed by atoms with E-state index in [1.165, 1.54) is 6.21 Å². The summed E-state index contributed by atoms with van der Waals surface area (Å²) < 4.78 is 5.66. The molecule has 1 aromatic heterocycles. The van der Waals surface area contributed by atoms with E-state index in [4.69, 9.17) is 27.6 Å². The molecule has 0 fully saturated rings. The minimum absolute atomic E-state index is 0.438. The molecular formula is C19H15Cl2N3O2. The third-order valence-corrected chi connectivity index (χ3v) is 4.32. The summed E-state index contributed by atoms with van der Waals surface area (Å²) in [5.74, 6) is 1.11. The number of nitrogens with one attached hydrogen (secondary N) is 2. The highest BCUT2D eigenvalue weighted by molar-refractivity contribution is 6.42. The van der Waals surface area contributed by atoms with Gasteiger partial charge < -0.3 is 9.73 Å². The average molecular weight is 388 g/mol. The molecule has 0 saturated carbocycles. The smallest absolute Gasteiger partial charge is 0.339 e. The number of urea groups is 1. The molecule has 132 valence electrons. The van der Waals surface area contributed by atoms with Crippen molar-refractivity contribution in [3.8, 4) is 11.3 Å². The van der Waals surface area contributed by atoms with Gasteiger partial charge in [0.15, 0.2) is 0 Å². The van der Waals surface area contributed by atoms with Gasteiger partial charge in [0, 0.05) is 11.3 Å². The van der Waals surface area contributed by atoms with Gasteiger partial charge in [-0.2, -0.15) is 5.10 Å². The highest BCUT2D eigenvalue weighted by Crippen LogP contribution is 2.29. The number of hydrogen-bond donors (Lipinski definition) is 2. The van der Waals surface area contributed by atoms with Gasteiger partial charge in [-0.1, -0.05) is 41.4 Å². The zero-order valence-electron chi connectivity index (χ0n) is 13.8. The highest BCUT2D eigenvalue weighted by atomic mass is 35.5. The average Bonchev–Trinajstić information content (AvgIpc) is 3.08. The van der Waals surface area contributed by atoms with Gasteiger partial charge in [0.25, 0.3) is 0 Å². The number of hydrogen-bond acceptors (Lipinski definition) is 3. The fourth-order valence-corrected chi connectivity index (χ4v) is 2.54. The SMILES string of the molecule is Cc1ccccc1NC(=O)NN=Cc1ccc(-c2ccc(Cl)c(Cl)c2)o1. The number of aryl methyl sites for hydroxylation is 1. The lowest BCUT2D eigenvalue weighted by Gasteiger charge is -2.06. The lowest BCUT2D eigenvalue weighted by Crippen LogP contribution is -2.24. The van der Waals surface area contributed by atoms with Crippen LogP contribution in [-0.2, 0) is 0 Å². The second kappa shape index (κ2) is 8.08. The maximum atomic E-state index is 11.9. The second-order valence-electron chi connectivity index (χ2n) is 5.47. The van der Waals surface area contributed by atoms with Gasteiger partial charge in [-0.05, 0) is 48.9 Å². The molecule has 2 aromatic carbocycles. The van der Waals surface area contributed by atoms with E-state index in [1.807, 2.05) is 37.3 Å². The van der Waals surface area contributed by atoms with E-state index in [2.05, 4.69) is 15.8 Å². The molecule has 0 aliphatic carbocycles. The lowest BCUT2D eigenvalue weighted by molar-refractivity contribution is 0.252. The van der Waals surface area contributed by atoms with Gasteiger partial charge in [0.1, 0.15) is 11.5 Å². The third kappa shape index (κ3) is 4.45. The summed E-state index contributed by atoms with van der Waals surface area (Å²) in [6.07, 6.45) is 1.42. The van der Waals surface area contributed by atoms with Crippen LogP contribution in [0.3, 0.4) is 0 Å². The van der Waals surface area contributed by atoms with Gasteiger partial charge in [0.2, 0.25) is 0 Å². The molecule has 0 radical (unpaired) electrons. The largest absolute Gasteiger partial charge is 0.455 e. The first kappa shape index (κ1) is 18.0. The zero-order chi connectivity index (χ0) is 18.5. The topological polar surface area (TPSA) is 66.6 Å². The number of anilines is 1. The molecule has 0 unspecified atom stereocenters. The van der Waals surface area contributed by atoms with Crippen molar-refractivity contribution >= 4 is 41.1 Å². The molecule has 7 heteroatoms. The molecule has 26 heavy (non-hydrogen) atoms. The molecular weight excluding hydrogens is 373 g/mol. The normalized spacial score (nSPS) is 10.9. The molecule has 3 rings (SSSR count). The fourth-order valence-electron chi connectivity index (χ4n) is 2.24. The van der Waals surface area contributed by atoms with Crippen molar-refractivity contribution in [2.45, 2.75) is 6.92 Å². The molecule has 0 aliphatic heterocycles. The first-order chi connectivity index (χ1) is 12.5. The summed E-state index contributed by atoms with van der Waals surface area (Å²) in [4.78, 5) is 11.9. The van der Waals surface area contributed by atoms with Crippen LogP contribution in [0, 0.1) is 6.92 Å². The van der Waals surface area contributed by atoms with E-state index >= 15 is 0 Å². The quantitative estimate of drug-likeness (QED) is 0.444. The van der Waals surface area contributed by atoms with Crippen molar-refractivity contribution < 1.29 is 9.21 Å². The van der Waals surface area contributed by atoms with Crippen LogP contribution in [0.4, 0.5) is 10.5 Å². The minimum atomic E-state index is -0.438. The number of amides is 2. The van der Waals surface area contributed by atoms with Crippen molar-refractivity contribution in [1.82, 2.24) is 5.43 Å². The van der Waals surface area contributed by atoms with E-state index in [-0.39, 0.29) is 0 Å². The minimum Gasteiger partial charge on any atom is -0.455 e. The zero-order valence-corrected chi connectivity index (χ0v) is 15.3. The first-order valence-corrected chi connectivity index (χ1v) is 8.49. The van der Waals surface area contributed by atoms with Gasteiger partial charge in [-0.25, -0.2) is 10.2 Å². The van der Waals surface area contributed by atoms with E-state index < -0.39 is 6.03 Å². The summed E-state index contributed by atoms with van der Waals surface area (Å²) in [6, 6.07) is 15.8. The lowest BCUT2D eigenvalue weighted by atomic mass is 10.2. The van der Waals surface area contributed by atoms with E-state index in [9.17, 15) is 4.79 Å². The predicted octanol–water partition coefficient (Wildman–Crippen LogP) is 5.72. The molecule has 5 nitrogen and oxygen atoms in total. The van der Waals surface area contributed by atoms with Crippen molar-refractivity contribution in [3.63, 3.8) is 0 Å². The predicted molar refractivity (Wildman–Crippen MR) is 105 cm³/mol. The standard InChI is InChI=1S/C19H15Cl2N3O2/c1-12-4-2-3-5-17(12)23-19(25)24-22-11-14-7-9-18(26-14)13-6-8-15(20)16(21)10-13/h2-11H,1H3,(H2,23,24,25). The Labute approximate surface area is 160 Å². The van der Waals surface area contributed by atoms with Crippen LogP contribution in [0.25, 0.3) is 11.3 Å². The Hall–Kier alpha value is -2.76. The number of nitrogens with zero attached hydrogens (tertiary/aromatic N) is 1. The van der Waals surface area contributed by atoms with E-state index in [0.717, 1.165) is 16.8 Å². The number of carbonyl (C=O) groups is 1. The summed E-state index contributed by atoms with van der Waals surface area (Å²) in [6.45, 7) is 1.91. The number of rotatable bonds is 4. The Morgan fingerprint density at radius 1 is 1.08 bits per heavy atom. The molecule has 0 saturated heterocycles. The number of carbonyl (C=O) groups excluding carboxylic acids is 1. The number of halogens is 2. The summed E-state index contributed by atoms with van der Waals surface area (Å²) in [7, 11) is 0. The maximum absolute atomic E-state index is 11.9. The Morgan fingerprint density at radius 2 is 1.88 bits per heavy atom. The van der Waals surface area contributed by atoms with Gasteiger partial charge >= 0.3 is 6.03 Å². The van der Waals surface area contributed by atoms with Gasteiger partial charge in [0.05, 0.1) is 16.3 Å². The Balaban J connectivity index is 1.61. The number of para-hydroxylation sites is 1. The molecule has 0 atom stereocenters. The number of benzene rings is 2. The molecule has 2 N–H and O–H groups in total. The summed E-state index contributed by atoms with van der Waals surface area (Å²) >= 11 is 11.9. The Bertz CT molecular complexity index is 967. The van der Waals surface area contributed by atoms with Crippen LogP contribution >= 0.6 is 23.2 Å². The fraction of sp³-hybridized carbons (Fsp3) is 0.0526. The number of furan rings is 1. The highest BCUT2D eigenvalue weighted by Gasteiger charge is 2.07. The van der Waals surface area contributed by atoms with Crippen molar-refractivity contribution in [2.24, 2.45) is 5.10 Å². The second-order valence-corrected chi connectivity index (χ2v) is 6.28. The van der Waals surface area contributed by atoms with E-state index in [1.54, 1.807) is 24.3 Å². The van der Waals surface area contributed by atoms with Crippen LogP contribution in [0.1, 0.15) is 11.3 Å². The Kier molecular flexibility index (Phi) is 5.61. The van der Waals surface area contributed by atoms with Crippen LogP contribution in [0.15, 0.2) is 64.1 Å². The maximum Gasteiger partial charge on any atom is 0.339 e. The molecule has 0 aliphatic rings. The monoisotopic (exact) mass is 387 g/mol. The van der Waals surface area contributed by atoms with Gasteiger partial charge in [-0.15, -0.1) is 0 Å². The molecule has 1 heterocycles. The molecule has 0 spiro atoms. The van der Waals surface area contributed by atoms with E-state index in [0.29, 0.717) is 21.6 Å². The van der Waals surface area contributed by atoms with Crippen LogP contribution < -0.4 is 10.7 Å². The van der Waals surface area contributed by atoms with Gasteiger partial charge in [-0.3, -0.25) is 0 Å². The summed E-state index contributed by atoms with van der Waals surface area (Å²) in [5, 5.41) is 7.52. The molecule has 3 aromatic rings. The molecule has 0 bridgehead atoms. The van der Waals surface area contributed by atoms with Crippen LogP contribution in [0.5, 0.6) is 0 Å². The van der Waals surface area contributed by atoms with Crippen molar-refractivity contribution in [1.29, 1.82) is 0 Å². The number of hydrazone groups is 1. The van der Waals surface area contributed by atoms with Crippen LogP contribution in [0.2, 0.25) is 10.0 Å². The Morgan fingerprint density at radius 3 is 2.65 bits per heavy atom. The van der Waals surface area contributed by atoms with Crippen LogP contribution in [-0.4, -0.2) is 12.2 Å². The van der Waals surface area contributed by atoms with Crippen molar-refractivity contribution in [2.75, 3.05) is 5.32 Å².